The second kappa shape index (κ2) is 8.03. The normalized spacial score (nSPS) is 27.2. The van der Waals surface area contributed by atoms with Crippen molar-refractivity contribution < 1.29 is 9.47 Å². The molecule has 2 fully saturated rings. The van der Waals surface area contributed by atoms with E-state index in [4.69, 9.17) is 9.47 Å². The van der Waals surface area contributed by atoms with E-state index in [1.807, 2.05) is 0 Å². The van der Waals surface area contributed by atoms with Gasteiger partial charge in [0.15, 0.2) is 0 Å². The molecule has 4 heteroatoms. The maximum atomic E-state index is 5.83. The zero-order valence-corrected chi connectivity index (χ0v) is 10.7. The Morgan fingerprint density at radius 3 is 2.82 bits per heavy atom. The molecule has 0 saturated carbocycles. The molecule has 2 heterocycles. The molecule has 2 aliphatic heterocycles. The maximum Gasteiger partial charge on any atom is 0.0699 e. The molecule has 0 aromatic heterocycles. The average molecular weight is 242 g/mol. The third-order valence-electron chi connectivity index (χ3n) is 3.56. The average Bonchev–Trinajstić information content (AvgIpc) is 2.41. The van der Waals surface area contributed by atoms with E-state index in [1.165, 1.54) is 19.3 Å². The standard InChI is InChI=1S/C13H26N2O2/c1-2-9-16-13(3-1)11-15-8-10-17-12-4-6-14-7-5-12/h12-15H,1-11H2. The quantitative estimate of drug-likeness (QED) is 0.680. The second-order valence-corrected chi connectivity index (χ2v) is 5.01. The molecule has 0 aromatic rings. The first-order valence-corrected chi connectivity index (χ1v) is 7.10. The smallest absolute Gasteiger partial charge is 0.0699 e. The fourth-order valence-electron chi connectivity index (χ4n) is 2.49. The van der Waals surface area contributed by atoms with Crippen LogP contribution in [0.2, 0.25) is 0 Å². The Morgan fingerprint density at radius 2 is 2.06 bits per heavy atom. The minimum absolute atomic E-state index is 0.433. The highest BCUT2D eigenvalue weighted by molar-refractivity contribution is 4.69. The molecule has 1 unspecified atom stereocenters. The maximum absolute atomic E-state index is 5.83. The molecule has 2 rings (SSSR count). The van der Waals surface area contributed by atoms with Crippen LogP contribution in [0.5, 0.6) is 0 Å². The highest BCUT2D eigenvalue weighted by Crippen LogP contribution is 2.11. The fraction of sp³-hybridized carbons (Fsp3) is 1.00. The molecule has 0 bridgehead atoms. The van der Waals surface area contributed by atoms with Crippen molar-refractivity contribution in [2.75, 3.05) is 39.4 Å². The van der Waals surface area contributed by atoms with Crippen LogP contribution in [-0.4, -0.2) is 51.6 Å². The van der Waals surface area contributed by atoms with E-state index in [9.17, 15) is 0 Å². The number of nitrogens with one attached hydrogen (secondary N) is 2. The molecule has 0 aliphatic carbocycles. The SMILES string of the molecule is C1CCC(CNCCOC2CCNCC2)OC1. The lowest BCUT2D eigenvalue weighted by Gasteiger charge is -2.24. The summed E-state index contributed by atoms with van der Waals surface area (Å²) < 4.78 is 11.5. The molecule has 2 saturated heterocycles. The Hall–Kier alpha value is -0.160. The molecule has 2 aliphatic rings. The Labute approximate surface area is 104 Å². The molecule has 4 nitrogen and oxygen atoms in total. The van der Waals surface area contributed by atoms with Crippen molar-refractivity contribution >= 4 is 0 Å². The summed E-state index contributed by atoms with van der Waals surface area (Å²) in [7, 11) is 0. The Kier molecular flexibility index (Phi) is 6.27. The van der Waals surface area contributed by atoms with E-state index in [1.54, 1.807) is 0 Å². The first kappa shape index (κ1) is 13.3. The predicted molar refractivity (Wildman–Crippen MR) is 68.3 cm³/mol. The predicted octanol–water partition coefficient (Wildman–Crippen LogP) is 0.914. The second-order valence-electron chi connectivity index (χ2n) is 5.01. The minimum Gasteiger partial charge on any atom is -0.377 e. The summed E-state index contributed by atoms with van der Waals surface area (Å²) in [6.07, 6.45) is 6.99. The van der Waals surface area contributed by atoms with Crippen LogP contribution in [0, 0.1) is 0 Å². The highest BCUT2D eigenvalue weighted by Gasteiger charge is 2.14. The molecule has 17 heavy (non-hydrogen) atoms. The number of rotatable bonds is 6. The van der Waals surface area contributed by atoms with Gasteiger partial charge in [-0.15, -0.1) is 0 Å². The summed E-state index contributed by atoms with van der Waals surface area (Å²) in [5, 5.41) is 6.78. The van der Waals surface area contributed by atoms with Gasteiger partial charge in [0.2, 0.25) is 0 Å². The fourth-order valence-corrected chi connectivity index (χ4v) is 2.49. The molecular formula is C13H26N2O2. The van der Waals surface area contributed by atoms with E-state index in [2.05, 4.69) is 10.6 Å². The Balaban J connectivity index is 1.42. The first-order chi connectivity index (χ1) is 8.45. The van der Waals surface area contributed by atoms with Crippen LogP contribution in [-0.2, 0) is 9.47 Å². The van der Waals surface area contributed by atoms with Crippen LogP contribution >= 0.6 is 0 Å². The summed E-state index contributed by atoms with van der Waals surface area (Å²) in [4.78, 5) is 0. The van der Waals surface area contributed by atoms with Crippen molar-refractivity contribution in [1.82, 2.24) is 10.6 Å². The van der Waals surface area contributed by atoms with E-state index >= 15 is 0 Å². The van der Waals surface area contributed by atoms with Crippen LogP contribution in [0.1, 0.15) is 32.1 Å². The lowest BCUT2D eigenvalue weighted by atomic mass is 10.1. The van der Waals surface area contributed by atoms with Crippen LogP contribution in [0.3, 0.4) is 0 Å². The van der Waals surface area contributed by atoms with Crippen LogP contribution in [0.25, 0.3) is 0 Å². The first-order valence-electron chi connectivity index (χ1n) is 7.10. The van der Waals surface area contributed by atoms with Gasteiger partial charge < -0.3 is 20.1 Å². The summed E-state index contributed by atoms with van der Waals surface area (Å²) in [5.74, 6) is 0. The van der Waals surface area contributed by atoms with Crippen molar-refractivity contribution in [2.24, 2.45) is 0 Å². The van der Waals surface area contributed by atoms with Gasteiger partial charge in [0, 0.05) is 19.7 Å². The number of hydrogen-bond donors (Lipinski definition) is 2. The number of piperidine rings is 1. The molecule has 0 amide bonds. The summed E-state index contributed by atoms with van der Waals surface area (Å²) in [6, 6.07) is 0. The van der Waals surface area contributed by atoms with Gasteiger partial charge in [0.1, 0.15) is 0 Å². The number of ether oxygens (including phenoxy) is 2. The van der Waals surface area contributed by atoms with Gasteiger partial charge in [0.05, 0.1) is 18.8 Å². The zero-order valence-electron chi connectivity index (χ0n) is 10.7. The van der Waals surface area contributed by atoms with Crippen molar-refractivity contribution in [3.05, 3.63) is 0 Å². The van der Waals surface area contributed by atoms with Gasteiger partial charge in [-0.25, -0.2) is 0 Å². The minimum atomic E-state index is 0.433. The molecule has 0 aromatic carbocycles. The van der Waals surface area contributed by atoms with Crippen molar-refractivity contribution in [3.8, 4) is 0 Å². The van der Waals surface area contributed by atoms with E-state index in [0.717, 1.165) is 52.2 Å². The molecule has 0 radical (unpaired) electrons. The molecule has 2 N–H and O–H groups in total. The van der Waals surface area contributed by atoms with Crippen molar-refractivity contribution in [1.29, 1.82) is 0 Å². The molecule has 0 spiro atoms. The van der Waals surface area contributed by atoms with E-state index < -0.39 is 0 Å². The van der Waals surface area contributed by atoms with Crippen LogP contribution in [0.4, 0.5) is 0 Å². The van der Waals surface area contributed by atoms with Crippen LogP contribution < -0.4 is 10.6 Å². The van der Waals surface area contributed by atoms with Gasteiger partial charge in [-0.05, 0) is 45.2 Å². The van der Waals surface area contributed by atoms with Crippen molar-refractivity contribution in [2.45, 2.75) is 44.3 Å². The lowest BCUT2D eigenvalue weighted by molar-refractivity contribution is 0.0110. The molecule has 1 atom stereocenters. The van der Waals surface area contributed by atoms with Gasteiger partial charge in [-0.2, -0.15) is 0 Å². The third-order valence-corrected chi connectivity index (χ3v) is 3.56. The van der Waals surface area contributed by atoms with E-state index in [0.29, 0.717) is 12.2 Å². The summed E-state index contributed by atoms with van der Waals surface area (Å²) >= 11 is 0. The largest absolute Gasteiger partial charge is 0.377 e. The topological polar surface area (TPSA) is 42.5 Å². The van der Waals surface area contributed by atoms with Crippen LogP contribution in [0.15, 0.2) is 0 Å². The van der Waals surface area contributed by atoms with Gasteiger partial charge in [-0.1, -0.05) is 0 Å². The summed E-state index contributed by atoms with van der Waals surface area (Å²) in [6.45, 7) is 5.91. The monoisotopic (exact) mass is 242 g/mol. The Bertz CT molecular complexity index is 170. The number of hydrogen-bond acceptors (Lipinski definition) is 4. The molecular weight excluding hydrogens is 216 g/mol. The Morgan fingerprint density at radius 1 is 1.18 bits per heavy atom. The highest BCUT2D eigenvalue weighted by atomic mass is 16.5. The third kappa shape index (κ3) is 5.34. The van der Waals surface area contributed by atoms with E-state index in [-0.39, 0.29) is 0 Å². The van der Waals surface area contributed by atoms with Gasteiger partial charge in [0.25, 0.3) is 0 Å². The van der Waals surface area contributed by atoms with Gasteiger partial charge in [-0.3, -0.25) is 0 Å². The lowest BCUT2D eigenvalue weighted by Crippen LogP contribution is -2.36. The summed E-state index contributed by atoms with van der Waals surface area (Å²) in [5.41, 5.74) is 0. The zero-order chi connectivity index (χ0) is 11.8. The molecule has 100 valence electrons. The van der Waals surface area contributed by atoms with Crippen molar-refractivity contribution in [3.63, 3.8) is 0 Å². The van der Waals surface area contributed by atoms with Gasteiger partial charge >= 0.3 is 0 Å².